The van der Waals surface area contributed by atoms with Crippen molar-refractivity contribution in [2.75, 3.05) is 32.2 Å². The van der Waals surface area contributed by atoms with Gasteiger partial charge in [0.1, 0.15) is 11.9 Å². The molecule has 0 unspecified atom stereocenters. The smallest absolute Gasteiger partial charge is 0.231 e. The Hall–Kier alpha value is -2.79. The van der Waals surface area contributed by atoms with Gasteiger partial charge in [-0.2, -0.15) is 5.26 Å². The number of nitrogens with one attached hydrogen (secondary N) is 3. The number of thiocarbonyl (C=S) groups is 1. The second-order valence-electron chi connectivity index (χ2n) is 5.18. The van der Waals surface area contributed by atoms with Crippen LogP contribution in [0.5, 0.6) is 11.5 Å². The fourth-order valence-corrected chi connectivity index (χ4v) is 2.47. The van der Waals surface area contributed by atoms with Crippen molar-refractivity contribution in [3.8, 4) is 17.6 Å². The minimum atomic E-state index is 0.212. The van der Waals surface area contributed by atoms with Crippen LogP contribution in [0.2, 0.25) is 0 Å². The van der Waals surface area contributed by atoms with E-state index in [0.717, 1.165) is 23.9 Å². The van der Waals surface area contributed by atoms with E-state index in [9.17, 15) is 5.26 Å². The first-order valence-electron chi connectivity index (χ1n) is 7.55. The lowest BCUT2D eigenvalue weighted by molar-refractivity contribution is 0.174. The summed E-state index contributed by atoms with van der Waals surface area (Å²) in [5.74, 6) is 1.93. The zero-order valence-electron chi connectivity index (χ0n) is 13.2. The Morgan fingerprint density at radius 3 is 2.83 bits per heavy atom. The number of hydrogen-bond acceptors (Lipinski definition) is 6. The Morgan fingerprint density at radius 1 is 1.29 bits per heavy atom. The predicted molar refractivity (Wildman–Crippen MR) is 95.3 cm³/mol. The van der Waals surface area contributed by atoms with E-state index in [4.69, 9.17) is 21.7 Å². The van der Waals surface area contributed by atoms with Crippen LogP contribution in [0.4, 0.5) is 5.82 Å². The molecular weight excluding hydrogens is 326 g/mol. The van der Waals surface area contributed by atoms with Crippen LogP contribution in [0, 0.1) is 11.3 Å². The van der Waals surface area contributed by atoms with E-state index in [1.165, 1.54) is 0 Å². The molecule has 0 saturated heterocycles. The molecule has 0 bridgehead atoms. The maximum atomic E-state index is 9.36. The Kier molecular flexibility index (Phi) is 4.82. The van der Waals surface area contributed by atoms with Crippen molar-refractivity contribution in [2.24, 2.45) is 0 Å². The number of anilines is 1. The van der Waals surface area contributed by atoms with Crippen LogP contribution in [0.3, 0.4) is 0 Å². The molecule has 0 aliphatic carbocycles. The molecule has 0 fully saturated rings. The molecule has 2 aromatic rings. The normalized spacial score (nSPS) is 11.8. The Balaban J connectivity index is 1.71. The molecule has 1 aliphatic heterocycles. The molecule has 124 valence electrons. The summed E-state index contributed by atoms with van der Waals surface area (Å²) in [4.78, 5) is 4.54. The van der Waals surface area contributed by atoms with Gasteiger partial charge in [0.05, 0.1) is 11.1 Å². The third-order valence-electron chi connectivity index (χ3n) is 3.59. The monoisotopic (exact) mass is 343 g/mol. The molecule has 2 heterocycles. The van der Waals surface area contributed by atoms with Crippen molar-refractivity contribution in [1.82, 2.24) is 15.6 Å². The number of ether oxygens (including phenoxy) is 2. The third kappa shape index (κ3) is 3.41. The highest BCUT2D eigenvalue weighted by atomic mass is 32.1. The number of aromatic nitrogens is 1. The largest absolute Gasteiger partial charge is 0.454 e. The summed E-state index contributed by atoms with van der Waals surface area (Å²) >= 11 is 5.01. The second-order valence-corrected chi connectivity index (χ2v) is 5.59. The van der Waals surface area contributed by atoms with Crippen molar-refractivity contribution >= 4 is 34.1 Å². The molecule has 0 atom stereocenters. The number of nitrogens with zero attached hydrogens (tertiary/aromatic N) is 2. The summed E-state index contributed by atoms with van der Waals surface area (Å²) in [5, 5.41) is 20.0. The van der Waals surface area contributed by atoms with Gasteiger partial charge in [0.25, 0.3) is 0 Å². The molecule has 0 spiro atoms. The van der Waals surface area contributed by atoms with Crippen LogP contribution < -0.4 is 25.4 Å². The highest BCUT2D eigenvalue weighted by molar-refractivity contribution is 7.80. The van der Waals surface area contributed by atoms with E-state index in [1.54, 1.807) is 13.1 Å². The number of pyridine rings is 1. The summed E-state index contributed by atoms with van der Waals surface area (Å²) < 4.78 is 10.7. The standard InChI is InChI=1S/C16H17N5O2S/c1-18-16(24)20-4-2-3-19-15-11(8-17)5-10-6-13-14(23-9-22-13)7-12(10)21-15/h5-7H,2-4,9H2,1H3,(H,19,21)(H2,18,20,24). The van der Waals surface area contributed by atoms with E-state index in [0.29, 0.717) is 34.5 Å². The highest BCUT2D eigenvalue weighted by Crippen LogP contribution is 2.36. The van der Waals surface area contributed by atoms with E-state index in [-0.39, 0.29) is 6.79 Å². The summed E-state index contributed by atoms with van der Waals surface area (Å²) in [5.41, 5.74) is 1.26. The molecule has 3 rings (SSSR count). The van der Waals surface area contributed by atoms with Crippen LogP contribution in [-0.4, -0.2) is 37.0 Å². The molecule has 0 saturated carbocycles. The maximum absolute atomic E-state index is 9.36. The van der Waals surface area contributed by atoms with Gasteiger partial charge < -0.3 is 25.4 Å². The van der Waals surface area contributed by atoms with Crippen molar-refractivity contribution in [3.05, 3.63) is 23.8 Å². The van der Waals surface area contributed by atoms with Gasteiger partial charge in [-0.15, -0.1) is 0 Å². The molecule has 3 N–H and O–H groups in total. The molecule has 0 amide bonds. The summed E-state index contributed by atoms with van der Waals surface area (Å²) in [6, 6.07) is 7.66. The van der Waals surface area contributed by atoms with Crippen molar-refractivity contribution in [3.63, 3.8) is 0 Å². The minimum absolute atomic E-state index is 0.212. The number of fused-ring (bicyclic) bond motifs is 2. The fourth-order valence-electron chi connectivity index (χ4n) is 2.37. The van der Waals surface area contributed by atoms with Crippen LogP contribution in [0.1, 0.15) is 12.0 Å². The third-order valence-corrected chi connectivity index (χ3v) is 3.94. The van der Waals surface area contributed by atoms with E-state index < -0.39 is 0 Å². The summed E-state index contributed by atoms with van der Waals surface area (Å²) in [6.07, 6.45) is 0.841. The molecular formula is C16H17N5O2S. The van der Waals surface area contributed by atoms with Gasteiger partial charge >= 0.3 is 0 Å². The molecule has 0 radical (unpaired) electrons. The van der Waals surface area contributed by atoms with Gasteiger partial charge in [-0.3, -0.25) is 0 Å². The van der Waals surface area contributed by atoms with Crippen LogP contribution in [0.15, 0.2) is 18.2 Å². The minimum Gasteiger partial charge on any atom is -0.454 e. The Morgan fingerprint density at radius 2 is 2.08 bits per heavy atom. The van der Waals surface area contributed by atoms with Crippen LogP contribution in [0.25, 0.3) is 10.9 Å². The molecule has 1 aliphatic rings. The van der Waals surface area contributed by atoms with Crippen molar-refractivity contribution < 1.29 is 9.47 Å². The zero-order valence-corrected chi connectivity index (χ0v) is 14.0. The van der Waals surface area contributed by atoms with Crippen molar-refractivity contribution in [2.45, 2.75) is 6.42 Å². The van der Waals surface area contributed by atoms with Crippen molar-refractivity contribution in [1.29, 1.82) is 5.26 Å². The lowest BCUT2D eigenvalue weighted by Gasteiger charge is -2.10. The summed E-state index contributed by atoms with van der Waals surface area (Å²) in [7, 11) is 1.78. The zero-order chi connectivity index (χ0) is 16.9. The van der Waals surface area contributed by atoms with Crippen LogP contribution >= 0.6 is 12.2 Å². The number of benzene rings is 1. The van der Waals surface area contributed by atoms with Gasteiger partial charge in [-0.1, -0.05) is 0 Å². The van der Waals surface area contributed by atoms with Crippen LogP contribution in [-0.2, 0) is 0 Å². The first-order chi connectivity index (χ1) is 11.7. The second kappa shape index (κ2) is 7.19. The first kappa shape index (κ1) is 16.1. The lowest BCUT2D eigenvalue weighted by Crippen LogP contribution is -2.33. The number of nitriles is 1. The number of rotatable bonds is 5. The highest BCUT2D eigenvalue weighted by Gasteiger charge is 2.16. The molecule has 1 aromatic heterocycles. The quantitative estimate of drug-likeness (QED) is 0.558. The average molecular weight is 343 g/mol. The van der Waals surface area contributed by atoms with Gasteiger partial charge in [0.15, 0.2) is 16.6 Å². The fraction of sp³-hybridized carbons (Fsp3) is 0.312. The lowest BCUT2D eigenvalue weighted by atomic mass is 10.1. The Bertz CT molecular complexity index is 818. The summed E-state index contributed by atoms with van der Waals surface area (Å²) in [6.45, 7) is 1.63. The molecule has 8 heteroatoms. The molecule has 7 nitrogen and oxygen atoms in total. The van der Waals surface area contributed by atoms with E-state index in [1.807, 2.05) is 12.1 Å². The van der Waals surface area contributed by atoms with Gasteiger partial charge in [-0.05, 0) is 30.8 Å². The Labute approximate surface area is 145 Å². The van der Waals surface area contributed by atoms with E-state index >= 15 is 0 Å². The van der Waals surface area contributed by atoms with Gasteiger partial charge in [0.2, 0.25) is 6.79 Å². The average Bonchev–Trinajstić information content (AvgIpc) is 3.05. The molecule has 24 heavy (non-hydrogen) atoms. The SMILES string of the molecule is CNC(=S)NCCCNc1nc2cc3c(cc2cc1C#N)OCO3. The maximum Gasteiger partial charge on any atom is 0.231 e. The molecule has 1 aromatic carbocycles. The van der Waals surface area contributed by atoms with Gasteiger partial charge in [-0.25, -0.2) is 4.98 Å². The van der Waals surface area contributed by atoms with Gasteiger partial charge in [0, 0.05) is 31.6 Å². The first-order valence-corrected chi connectivity index (χ1v) is 7.96. The van der Waals surface area contributed by atoms with E-state index in [2.05, 4.69) is 27.0 Å². The predicted octanol–water partition coefficient (Wildman–Crippen LogP) is 1.73. The topological polar surface area (TPSA) is 91.2 Å². The number of hydrogen-bond donors (Lipinski definition) is 3.